The van der Waals surface area contributed by atoms with Gasteiger partial charge in [0.15, 0.2) is 0 Å². The molecule has 0 saturated carbocycles. The van der Waals surface area contributed by atoms with Crippen LogP contribution in [0.3, 0.4) is 0 Å². The van der Waals surface area contributed by atoms with Crippen LogP contribution >= 0.6 is 0 Å². The highest BCUT2D eigenvalue weighted by molar-refractivity contribution is 5.79. The smallest absolute Gasteiger partial charge is 0.331 e. The van der Waals surface area contributed by atoms with Gasteiger partial charge in [-0.05, 0) is 6.92 Å². The first-order valence-corrected chi connectivity index (χ1v) is 4.76. The topological polar surface area (TPSA) is 81.3 Å². The molecule has 0 aromatic carbocycles. The van der Waals surface area contributed by atoms with E-state index in [9.17, 15) is 14.4 Å². The normalized spacial score (nSPS) is 10.8. The summed E-state index contributed by atoms with van der Waals surface area (Å²) in [5, 5.41) is 8.37. The first-order chi connectivity index (χ1) is 7.56. The van der Waals surface area contributed by atoms with Gasteiger partial charge in [-0.1, -0.05) is 6.08 Å². The molecule has 0 unspecified atom stereocenters. The zero-order valence-corrected chi connectivity index (χ0v) is 8.79. The molecule has 0 aliphatic heterocycles. The quantitative estimate of drug-likeness (QED) is 0.710. The Bertz CT molecular complexity index is 524. The van der Waals surface area contributed by atoms with Gasteiger partial charge in [-0.25, -0.2) is 9.59 Å². The van der Waals surface area contributed by atoms with Crippen molar-refractivity contribution in [2.45, 2.75) is 20.0 Å². The maximum absolute atomic E-state index is 11.6. The number of allylic oxidation sites excluding steroid dienone is 1. The molecule has 1 rings (SSSR count). The SMILES string of the molecule is CCn1ccc(=O)n(C/C=C/C(=O)O)c1=O. The van der Waals surface area contributed by atoms with E-state index in [2.05, 4.69) is 0 Å². The molecular formula is C10H12N2O4. The number of hydrogen-bond donors (Lipinski definition) is 1. The van der Waals surface area contributed by atoms with Crippen LogP contribution in [0.15, 0.2) is 34.0 Å². The van der Waals surface area contributed by atoms with Crippen molar-refractivity contribution in [2.75, 3.05) is 0 Å². The minimum atomic E-state index is -1.11. The zero-order valence-electron chi connectivity index (χ0n) is 8.79. The number of carbonyl (C=O) groups is 1. The summed E-state index contributed by atoms with van der Waals surface area (Å²) in [6.07, 6.45) is 3.57. The van der Waals surface area contributed by atoms with Crippen molar-refractivity contribution in [3.05, 3.63) is 45.3 Å². The molecule has 0 fully saturated rings. The standard InChI is InChI=1S/C10H12N2O4/c1-2-11-7-5-8(13)12(10(11)16)6-3-4-9(14)15/h3-5,7H,2,6H2,1H3,(H,14,15)/b4-3+. The lowest BCUT2D eigenvalue weighted by molar-refractivity contribution is -0.131. The second kappa shape index (κ2) is 5.11. The molecule has 16 heavy (non-hydrogen) atoms. The van der Waals surface area contributed by atoms with E-state index in [-0.39, 0.29) is 6.54 Å². The molecule has 0 bridgehead atoms. The van der Waals surface area contributed by atoms with E-state index in [1.54, 1.807) is 6.92 Å². The Morgan fingerprint density at radius 3 is 2.75 bits per heavy atom. The van der Waals surface area contributed by atoms with Crippen molar-refractivity contribution < 1.29 is 9.90 Å². The largest absolute Gasteiger partial charge is 0.478 e. The van der Waals surface area contributed by atoms with E-state index in [4.69, 9.17) is 5.11 Å². The minimum Gasteiger partial charge on any atom is -0.478 e. The van der Waals surface area contributed by atoms with Gasteiger partial charge in [0.05, 0.1) is 0 Å². The Balaban J connectivity index is 3.08. The Morgan fingerprint density at radius 2 is 2.19 bits per heavy atom. The van der Waals surface area contributed by atoms with Gasteiger partial charge in [-0.3, -0.25) is 9.36 Å². The number of aryl methyl sites for hydroxylation is 1. The monoisotopic (exact) mass is 224 g/mol. The van der Waals surface area contributed by atoms with E-state index in [0.29, 0.717) is 6.54 Å². The Kier molecular flexibility index (Phi) is 3.82. The van der Waals surface area contributed by atoms with Gasteiger partial charge in [0.2, 0.25) is 0 Å². The van der Waals surface area contributed by atoms with Crippen molar-refractivity contribution in [2.24, 2.45) is 0 Å². The van der Waals surface area contributed by atoms with Gasteiger partial charge in [0.1, 0.15) is 0 Å². The number of carboxylic acids is 1. The van der Waals surface area contributed by atoms with Crippen LogP contribution in [0.4, 0.5) is 0 Å². The number of aromatic nitrogens is 2. The second-order valence-electron chi connectivity index (χ2n) is 3.07. The van der Waals surface area contributed by atoms with Crippen LogP contribution in [0.5, 0.6) is 0 Å². The summed E-state index contributed by atoms with van der Waals surface area (Å²) in [4.78, 5) is 33.2. The van der Waals surface area contributed by atoms with Crippen LogP contribution in [0, 0.1) is 0 Å². The number of nitrogens with zero attached hydrogens (tertiary/aromatic N) is 2. The Labute approximate surface area is 91.1 Å². The summed E-state index contributed by atoms with van der Waals surface area (Å²) in [7, 11) is 0. The number of aliphatic carboxylic acids is 1. The summed E-state index contributed by atoms with van der Waals surface area (Å²) in [6.45, 7) is 2.20. The molecular weight excluding hydrogens is 212 g/mol. The third-order valence-electron chi connectivity index (χ3n) is 2.03. The van der Waals surface area contributed by atoms with Crippen LogP contribution in [0.25, 0.3) is 0 Å². The van der Waals surface area contributed by atoms with Crippen molar-refractivity contribution in [3.63, 3.8) is 0 Å². The number of rotatable bonds is 4. The summed E-state index contributed by atoms with van der Waals surface area (Å²) in [5.74, 6) is -1.11. The van der Waals surface area contributed by atoms with Crippen LogP contribution < -0.4 is 11.2 Å². The number of carboxylic acid groups (broad SMARTS) is 1. The van der Waals surface area contributed by atoms with Crippen LogP contribution in [0.2, 0.25) is 0 Å². The van der Waals surface area contributed by atoms with Gasteiger partial charge in [-0.15, -0.1) is 0 Å². The van der Waals surface area contributed by atoms with Crippen LogP contribution in [-0.2, 0) is 17.9 Å². The summed E-state index contributed by atoms with van der Waals surface area (Å²) in [6, 6.07) is 1.28. The maximum Gasteiger partial charge on any atom is 0.331 e. The van der Waals surface area contributed by atoms with E-state index in [1.807, 2.05) is 0 Å². The molecule has 1 aromatic heterocycles. The summed E-state index contributed by atoms with van der Waals surface area (Å²) < 4.78 is 2.35. The summed E-state index contributed by atoms with van der Waals surface area (Å²) in [5.41, 5.74) is -0.880. The average Bonchev–Trinajstić information content (AvgIpc) is 2.23. The molecule has 1 N–H and O–H groups in total. The highest BCUT2D eigenvalue weighted by Crippen LogP contribution is 1.81. The molecule has 0 amide bonds. The highest BCUT2D eigenvalue weighted by atomic mass is 16.4. The molecule has 1 heterocycles. The maximum atomic E-state index is 11.6. The lowest BCUT2D eigenvalue weighted by atomic mass is 10.4. The fourth-order valence-electron chi connectivity index (χ4n) is 1.22. The molecule has 0 atom stereocenters. The summed E-state index contributed by atoms with van der Waals surface area (Å²) >= 11 is 0. The molecule has 0 spiro atoms. The molecule has 0 radical (unpaired) electrons. The third-order valence-corrected chi connectivity index (χ3v) is 2.03. The van der Waals surface area contributed by atoms with Crippen molar-refractivity contribution >= 4 is 5.97 Å². The highest BCUT2D eigenvalue weighted by Gasteiger charge is 2.01. The predicted molar refractivity (Wildman–Crippen MR) is 57.4 cm³/mol. The van der Waals surface area contributed by atoms with Crippen LogP contribution in [-0.4, -0.2) is 20.2 Å². The van der Waals surface area contributed by atoms with Crippen molar-refractivity contribution in [3.8, 4) is 0 Å². The lowest BCUT2D eigenvalue weighted by Crippen LogP contribution is -2.38. The average molecular weight is 224 g/mol. The van der Waals surface area contributed by atoms with Crippen LogP contribution in [0.1, 0.15) is 6.92 Å². The van der Waals surface area contributed by atoms with E-state index in [1.165, 1.54) is 22.9 Å². The first kappa shape index (κ1) is 12.0. The molecule has 6 heteroatoms. The molecule has 0 saturated heterocycles. The van der Waals surface area contributed by atoms with E-state index in [0.717, 1.165) is 10.6 Å². The van der Waals surface area contributed by atoms with Crippen molar-refractivity contribution in [1.29, 1.82) is 0 Å². The Hall–Kier alpha value is -2.11. The molecule has 1 aromatic rings. The number of hydrogen-bond acceptors (Lipinski definition) is 3. The predicted octanol–water partition coefficient (Wildman–Crippen LogP) is -0.329. The minimum absolute atomic E-state index is 0.0369. The third kappa shape index (κ3) is 2.69. The van der Waals surface area contributed by atoms with Gasteiger partial charge >= 0.3 is 11.7 Å². The fraction of sp³-hybridized carbons (Fsp3) is 0.300. The van der Waals surface area contributed by atoms with Gasteiger partial charge < -0.3 is 9.67 Å². The molecule has 0 aliphatic carbocycles. The van der Waals surface area contributed by atoms with E-state index < -0.39 is 17.2 Å². The molecule has 86 valence electrons. The second-order valence-corrected chi connectivity index (χ2v) is 3.07. The lowest BCUT2D eigenvalue weighted by Gasteiger charge is -2.05. The molecule has 0 aliphatic rings. The van der Waals surface area contributed by atoms with Gasteiger partial charge in [0.25, 0.3) is 5.56 Å². The van der Waals surface area contributed by atoms with E-state index >= 15 is 0 Å². The zero-order chi connectivity index (χ0) is 12.1. The Morgan fingerprint density at radius 1 is 1.50 bits per heavy atom. The molecule has 6 nitrogen and oxygen atoms in total. The van der Waals surface area contributed by atoms with Crippen molar-refractivity contribution in [1.82, 2.24) is 9.13 Å². The first-order valence-electron chi connectivity index (χ1n) is 4.76. The van der Waals surface area contributed by atoms with Gasteiger partial charge in [0, 0.05) is 31.4 Å². The fourth-order valence-corrected chi connectivity index (χ4v) is 1.22. The van der Waals surface area contributed by atoms with Gasteiger partial charge in [-0.2, -0.15) is 0 Å².